The van der Waals surface area contributed by atoms with Crippen LogP contribution in [-0.2, 0) is 9.84 Å². The Balaban J connectivity index is 2.73. The van der Waals surface area contributed by atoms with E-state index in [1.807, 2.05) is 0 Å². The SMILES string of the molecule is CCOc1cc(S(=O)(=O)CBr)cc(OCC)c1-c1ccc(F)cc1. The van der Waals surface area contributed by atoms with Crippen molar-refractivity contribution in [3.8, 4) is 22.6 Å². The van der Waals surface area contributed by atoms with Gasteiger partial charge in [-0.25, -0.2) is 12.8 Å². The number of benzene rings is 2. The first-order chi connectivity index (χ1) is 11.4. The van der Waals surface area contributed by atoms with Crippen molar-refractivity contribution in [2.24, 2.45) is 0 Å². The maximum absolute atomic E-state index is 13.2. The zero-order valence-corrected chi connectivity index (χ0v) is 15.8. The van der Waals surface area contributed by atoms with Crippen molar-refractivity contribution in [2.75, 3.05) is 17.9 Å². The third-order valence-corrected chi connectivity index (χ3v) is 6.32. The minimum Gasteiger partial charge on any atom is -0.493 e. The van der Waals surface area contributed by atoms with Crippen molar-refractivity contribution in [1.82, 2.24) is 0 Å². The second-order valence-electron chi connectivity index (χ2n) is 4.89. The Morgan fingerprint density at radius 2 is 1.50 bits per heavy atom. The zero-order chi connectivity index (χ0) is 17.7. The number of hydrogen-bond donors (Lipinski definition) is 0. The molecule has 0 aliphatic carbocycles. The highest BCUT2D eigenvalue weighted by atomic mass is 79.9. The Hall–Kier alpha value is -1.60. The van der Waals surface area contributed by atoms with Gasteiger partial charge < -0.3 is 9.47 Å². The molecule has 7 heteroatoms. The fraction of sp³-hybridized carbons (Fsp3) is 0.294. The summed E-state index contributed by atoms with van der Waals surface area (Å²) in [5, 5.41) is 0. The van der Waals surface area contributed by atoms with Crippen LogP contribution in [0.15, 0.2) is 41.3 Å². The standard InChI is InChI=1S/C17H18BrFO4S/c1-3-22-15-9-14(24(20,21)11-18)10-16(23-4-2)17(15)12-5-7-13(19)8-6-12/h5-10H,3-4,11H2,1-2H3. The predicted molar refractivity (Wildman–Crippen MR) is 95.2 cm³/mol. The van der Waals surface area contributed by atoms with Crippen molar-refractivity contribution >= 4 is 25.8 Å². The molecule has 2 aromatic carbocycles. The van der Waals surface area contributed by atoms with Crippen molar-refractivity contribution in [2.45, 2.75) is 18.7 Å². The van der Waals surface area contributed by atoms with E-state index in [9.17, 15) is 12.8 Å². The number of alkyl halides is 1. The average molecular weight is 417 g/mol. The van der Waals surface area contributed by atoms with Crippen molar-refractivity contribution < 1.29 is 22.3 Å². The van der Waals surface area contributed by atoms with E-state index in [1.54, 1.807) is 26.0 Å². The van der Waals surface area contributed by atoms with Crippen LogP contribution in [-0.4, -0.2) is 26.3 Å². The van der Waals surface area contributed by atoms with E-state index in [4.69, 9.17) is 9.47 Å². The van der Waals surface area contributed by atoms with Gasteiger partial charge in [-0.1, -0.05) is 28.1 Å². The Kier molecular flexibility index (Phi) is 6.23. The van der Waals surface area contributed by atoms with Crippen LogP contribution in [0, 0.1) is 5.82 Å². The molecule has 0 aliphatic rings. The normalized spacial score (nSPS) is 11.3. The van der Waals surface area contributed by atoms with Crippen LogP contribution in [0.2, 0.25) is 0 Å². The summed E-state index contributed by atoms with van der Waals surface area (Å²) in [5.74, 6) is 0.414. The summed E-state index contributed by atoms with van der Waals surface area (Å²) in [5.41, 5.74) is 1.29. The molecule has 0 amide bonds. The Morgan fingerprint density at radius 1 is 1.00 bits per heavy atom. The van der Waals surface area contributed by atoms with Crippen molar-refractivity contribution in [3.63, 3.8) is 0 Å². The third kappa shape index (κ3) is 4.08. The maximum atomic E-state index is 13.2. The van der Waals surface area contributed by atoms with Crippen LogP contribution in [0.25, 0.3) is 11.1 Å². The lowest BCUT2D eigenvalue weighted by atomic mass is 10.0. The Labute approximate surface area is 149 Å². The van der Waals surface area contributed by atoms with Gasteiger partial charge >= 0.3 is 0 Å². The van der Waals surface area contributed by atoms with Gasteiger partial charge in [0, 0.05) is 0 Å². The molecule has 0 bridgehead atoms. The van der Waals surface area contributed by atoms with E-state index >= 15 is 0 Å². The zero-order valence-electron chi connectivity index (χ0n) is 13.4. The first-order valence-corrected chi connectivity index (χ1v) is 10.2. The average Bonchev–Trinajstić information content (AvgIpc) is 2.56. The fourth-order valence-electron chi connectivity index (χ4n) is 2.25. The second-order valence-corrected chi connectivity index (χ2v) is 8.18. The summed E-state index contributed by atoms with van der Waals surface area (Å²) in [6, 6.07) is 8.83. The third-order valence-electron chi connectivity index (χ3n) is 3.27. The van der Waals surface area contributed by atoms with E-state index in [2.05, 4.69) is 15.9 Å². The fourth-order valence-corrected chi connectivity index (χ4v) is 3.74. The molecule has 2 aromatic rings. The minimum absolute atomic E-state index is 0.108. The Morgan fingerprint density at radius 3 is 1.92 bits per heavy atom. The Bertz CT molecular complexity index is 777. The molecule has 0 heterocycles. The lowest BCUT2D eigenvalue weighted by Gasteiger charge is -2.17. The van der Waals surface area contributed by atoms with Gasteiger partial charge in [-0.2, -0.15) is 0 Å². The van der Waals surface area contributed by atoms with Crippen LogP contribution >= 0.6 is 15.9 Å². The molecule has 0 aromatic heterocycles. The first-order valence-electron chi connectivity index (χ1n) is 7.41. The molecular formula is C17H18BrFO4S. The molecule has 0 spiro atoms. The van der Waals surface area contributed by atoms with Gasteiger partial charge in [0.2, 0.25) is 0 Å². The topological polar surface area (TPSA) is 52.6 Å². The van der Waals surface area contributed by atoms with E-state index < -0.39 is 9.84 Å². The maximum Gasteiger partial charge on any atom is 0.188 e. The number of halogens is 2. The summed E-state index contributed by atoms with van der Waals surface area (Å²) < 4.78 is 48.7. The first kappa shape index (κ1) is 18.7. The van der Waals surface area contributed by atoms with Crippen molar-refractivity contribution in [1.29, 1.82) is 0 Å². The highest BCUT2D eigenvalue weighted by Gasteiger charge is 2.21. The lowest BCUT2D eigenvalue weighted by molar-refractivity contribution is 0.324. The monoisotopic (exact) mass is 416 g/mol. The lowest BCUT2D eigenvalue weighted by Crippen LogP contribution is -2.06. The van der Waals surface area contributed by atoms with Crippen LogP contribution in [0.5, 0.6) is 11.5 Å². The van der Waals surface area contributed by atoms with Gasteiger partial charge in [0.1, 0.15) is 22.0 Å². The van der Waals surface area contributed by atoms with Gasteiger partial charge in [0.05, 0.1) is 23.7 Å². The number of hydrogen-bond acceptors (Lipinski definition) is 4. The van der Waals surface area contributed by atoms with Gasteiger partial charge in [0.25, 0.3) is 0 Å². The highest BCUT2D eigenvalue weighted by Crippen LogP contribution is 2.41. The van der Waals surface area contributed by atoms with Gasteiger partial charge in [-0.3, -0.25) is 0 Å². The number of sulfone groups is 1. The largest absolute Gasteiger partial charge is 0.493 e. The molecule has 0 atom stereocenters. The smallest absolute Gasteiger partial charge is 0.188 e. The van der Waals surface area contributed by atoms with Crippen molar-refractivity contribution in [3.05, 3.63) is 42.2 Å². The molecule has 0 saturated heterocycles. The van der Waals surface area contributed by atoms with E-state index in [-0.39, 0.29) is 15.4 Å². The van der Waals surface area contributed by atoms with E-state index in [0.717, 1.165) is 0 Å². The van der Waals surface area contributed by atoms with Crippen LogP contribution < -0.4 is 9.47 Å². The van der Waals surface area contributed by atoms with Gasteiger partial charge in [-0.15, -0.1) is 0 Å². The molecule has 4 nitrogen and oxygen atoms in total. The van der Waals surface area contributed by atoms with Crippen LogP contribution in [0.4, 0.5) is 4.39 Å². The minimum atomic E-state index is -3.49. The highest BCUT2D eigenvalue weighted by molar-refractivity contribution is 9.10. The van der Waals surface area contributed by atoms with Gasteiger partial charge in [0.15, 0.2) is 9.84 Å². The van der Waals surface area contributed by atoms with E-state index in [1.165, 1.54) is 24.3 Å². The molecular weight excluding hydrogens is 399 g/mol. The molecule has 24 heavy (non-hydrogen) atoms. The molecule has 0 aliphatic heterocycles. The molecule has 130 valence electrons. The molecule has 0 fully saturated rings. The molecule has 0 radical (unpaired) electrons. The molecule has 0 unspecified atom stereocenters. The summed E-state index contributed by atoms with van der Waals surface area (Å²) in [6.45, 7) is 4.33. The summed E-state index contributed by atoms with van der Waals surface area (Å²) >= 11 is 2.99. The molecule has 0 saturated carbocycles. The predicted octanol–water partition coefficient (Wildman–Crippen LogP) is 4.42. The summed E-state index contributed by atoms with van der Waals surface area (Å²) in [7, 11) is -3.49. The molecule has 0 N–H and O–H groups in total. The van der Waals surface area contributed by atoms with Crippen LogP contribution in [0.1, 0.15) is 13.8 Å². The van der Waals surface area contributed by atoms with Gasteiger partial charge in [-0.05, 0) is 43.7 Å². The number of ether oxygens (including phenoxy) is 2. The van der Waals surface area contributed by atoms with E-state index in [0.29, 0.717) is 35.8 Å². The summed E-state index contributed by atoms with van der Waals surface area (Å²) in [6.07, 6.45) is 0. The van der Waals surface area contributed by atoms with Crippen LogP contribution in [0.3, 0.4) is 0 Å². The summed E-state index contributed by atoms with van der Waals surface area (Å²) in [4.78, 5) is 0.108. The number of rotatable bonds is 7. The second kappa shape index (κ2) is 7.98. The quantitative estimate of drug-likeness (QED) is 0.626. The molecule has 2 rings (SSSR count).